The van der Waals surface area contributed by atoms with Gasteiger partial charge in [-0.25, -0.2) is 13.9 Å². The van der Waals surface area contributed by atoms with Crippen molar-refractivity contribution in [3.8, 4) is 0 Å². The second kappa shape index (κ2) is 7.22. The van der Waals surface area contributed by atoms with E-state index in [9.17, 15) is 8.68 Å². The van der Waals surface area contributed by atoms with Crippen LogP contribution in [0.3, 0.4) is 0 Å². The van der Waals surface area contributed by atoms with Crippen molar-refractivity contribution in [2.45, 2.75) is 40.2 Å². The first kappa shape index (κ1) is 17.9. The lowest BCUT2D eigenvalue weighted by molar-refractivity contribution is 0.0921. The molecule has 116 valence electrons. The van der Waals surface area contributed by atoms with E-state index >= 15 is 0 Å². The molecule has 0 bridgehead atoms. The Hall–Kier alpha value is -1.15. The summed E-state index contributed by atoms with van der Waals surface area (Å²) in [7, 11) is 0. The fourth-order valence-electron chi connectivity index (χ4n) is 1.57. The van der Waals surface area contributed by atoms with Crippen molar-refractivity contribution in [2.24, 2.45) is 0 Å². The number of hydrogen-bond donors (Lipinski definition) is 1. The number of amides is 1. The van der Waals surface area contributed by atoms with Gasteiger partial charge in [0, 0.05) is 11.7 Å². The third-order valence-corrected chi connectivity index (χ3v) is 3.05. The van der Waals surface area contributed by atoms with Crippen LogP contribution in [0.2, 0.25) is 0 Å². The minimum absolute atomic E-state index is 0.0208. The Balaban J connectivity index is 0.00000106. The molecule has 1 N–H and O–H groups in total. The first-order valence-electron chi connectivity index (χ1n) is 6.47. The van der Waals surface area contributed by atoms with Gasteiger partial charge in [0.15, 0.2) is 18.0 Å². The summed E-state index contributed by atoms with van der Waals surface area (Å²) in [5, 5.41) is 2.82. The quantitative estimate of drug-likeness (QED) is 0.855. The fraction of sp³-hybridized carbons (Fsp3) is 0.462. The minimum atomic E-state index is -0.381. The van der Waals surface area contributed by atoms with Gasteiger partial charge in [0.05, 0.1) is 11.8 Å². The van der Waals surface area contributed by atoms with Crippen molar-refractivity contribution in [3.63, 3.8) is 0 Å². The molecule has 2 rings (SSSR count). The van der Waals surface area contributed by atoms with E-state index in [1.807, 2.05) is 34.6 Å². The highest BCUT2D eigenvalue weighted by Gasteiger charge is 2.22. The van der Waals surface area contributed by atoms with Gasteiger partial charge in [-0.15, -0.1) is 3.89 Å². The first-order chi connectivity index (χ1) is 9.81. The summed E-state index contributed by atoms with van der Waals surface area (Å²) in [4.78, 5) is 20.4. The summed E-state index contributed by atoms with van der Waals surface area (Å²) in [6.07, 6.45) is 2.85. The van der Waals surface area contributed by atoms with E-state index in [1.54, 1.807) is 0 Å². The zero-order chi connectivity index (χ0) is 16.2. The number of aromatic nitrogens is 3. The number of rotatable bonds is 2. The first-order valence-corrected chi connectivity index (χ1v) is 7.93. The van der Waals surface area contributed by atoms with Crippen LogP contribution in [0.1, 0.15) is 45.0 Å². The maximum atomic E-state index is 12.8. The smallest absolute Gasteiger partial charge is 0.255 e. The van der Waals surface area contributed by atoms with Gasteiger partial charge in [0.2, 0.25) is 0 Å². The molecule has 0 aromatic carbocycles. The van der Waals surface area contributed by atoms with Crippen LogP contribution in [0.5, 0.6) is 0 Å². The van der Waals surface area contributed by atoms with Crippen LogP contribution in [-0.2, 0) is 0 Å². The van der Waals surface area contributed by atoms with Gasteiger partial charge in [0.1, 0.15) is 10.1 Å². The molecule has 0 fully saturated rings. The summed E-state index contributed by atoms with van der Waals surface area (Å²) in [5.41, 5.74) is 0.591. The SMILES string of the molecule is CC.CC(C)(C)NC(=O)c1cn(SF)c2ncc(Br)nc12. The fourth-order valence-corrected chi connectivity index (χ4v) is 2.19. The largest absolute Gasteiger partial charge is 0.347 e. The van der Waals surface area contributed by atoms with Gasteiger partial charge < -0.3 is 5.32 Å². The molecule has 0 aliphatic carbocycles. The molecular weight excluding hydrogens is 359 g/mol. The van der Waals surface area contributed by atoms with Crippen molar-refractivity contribution in [3.05, 3.63) is 22.6 Å². The van der Waals surface area contributed by atoms with Crippen LogP contribution < -0.4 is 5.32 Å². The van der Waals surface area contributed by atoms with Crippen LogP contribution in [-0.4, -0.2) is 25.4 Å². The van der Waals surface area contributed by atoms with E-state index < -0.39 is 0 Å². The van der Waals surface area contributed by atoms with Gasteiger partial charge in [-0.1, -0.05) is 13.8 Å². The molecule has 0 aliphatic heterocycles. The number of fused-ring (bicyclic) bond motifs is 1. The van der Waals surface area contributed by atoms with E-state index in [1.165, 1.54) is 16.4 Å². The molecule has 1 amide bonds. The van der Waals surface area contributed by atoms with E-state index in [2.05, 4.69) is 31.2 Å². The Labute approximate surface area is 136 Å². The highest BCUT2D eigenvalue weighted by atomic mass is 79.9. The van der Waals surface area contributed by atoms with Gasteiger partial charge in [-0.05, 0) is 36.7 Å². The van der Waals surface area contributed by atoms with E-state index in [-0.39, 0.29) is 23.8 Å². The third kappa shape index (κ3) is 4.41. The van der Waals surface area contributed by atoms with Gasteiger partial charge in [-0.3, -0.25) is 4.79 Å². The second-order valence-corrected chi connectivity index (χ2v) is 6.35. The van der Waals surface area contributed by atoms with Crippen molar-refractivity contribution < 1.29 is 8.68 Å². The molecule has 0 spiro atoms. The Bertz CT molecular complexity index is 639. The molecule has 2 aromatic heterocycles. The zero-order valence-electron chi connectivity index (χ0n) is 12.6. The summed E-state index contributed by atoms with van der Waals surface area (Å²) < 4.78 is 14.5. The summed E-state index contributed by atoms with van der Waals surface area (Å²) >= 11 is 3.17. The number of nitrogens with zero attached hydrogens (tertiary/aromatic N) is 3. The molecule has 0 saturated carbocycles. The van der Waals surface area contributed by atoms with E-state index in [0.717, 1.165) is 0 Å². The average Bonchev–Trinajstić information content (AvgIpc) is 2.77. The van der Waals surface area contributed by atoms with E-state index in [0.29, 0.717) is 21.3 Å². The number of halogens is 2. The lowest BCUT2D eigenvalue weighted by Crippen LogP contribution is -2.40. The van der Waals surface area contributed by atoms with Crippen molar-refractivity contribution in [1.29, 1.82) is 0 Å². The monoisotopic (exact) mass is 376 g/mol. The minimum Gasteiger partial charge on any atom is -0.347 e. The number of hydrogen-bond acceptors (Lipinski definition) is 4. The molecule has 2 aromatic rings. The average molecular weight is 377 g/mol. The van der Waals surface area contributed by atoms with Crippen molar-refractivity contribution in [2.75, 3.05) is 0 Å². The summed E-state index contributed by atoms with van der Waals surface area (Å²) in [6, 6.07) is 0. The standard InChI is InChI=1S/C11H12BrFN4OS.C2H6/c1-11(2,3)16-10(18)6-5-17(19-13)9-8(6)15-7(12)4-14-9;1-2/h4-5H,1-3H3,(H,16,18);1-2H3. The summed E-state index contributed by atoms with van der Waals surface area (Å²) in [6.45, 7) is 9.61. The Kier molecular flexibility index (Phi) is 6.15. The highest BCUT2D eigenvalue weighted by Crippen LogP contribution is 2.24. The van der Waals surface area contributed by atoms with Crippen molar-refractivity contribution in [1.82, 2.24) is 19.3 Å². The topological polar surface area (TPSA) is 59.8 Å². The van der Waals surface area contributed by atoms with Gasteiger partial charge >= 0.3 is 0 Å². The lowest BCUT2D eigenvalue weighted by Gasteiger charge is -2.19. The molecule has 0 saturated heterocycles. The Morgan fingerprint density at radius 2 is 2.05 bits per heavy atom. The Morgan fingerprint density at radius 3 is 2.57 bits per heavy atom. The highest BCUT2D eigenvalue weighted by molar-refractivity contribution is 9.10. The molecule has 0 unspecified atom stereocenters. The van der Waals surface area contributed by atoms with Crippen LogP contribution in [0.25, 0.3) is 11.2 Å². The molecule has 2 heterocycles. The lowest BCUT2D eigenvalue weighted by atomic mass is 10.1. The maximum absolute atomic E-state index is 12.8. The maximum Gasteiger partial charge on any atom is 0.255 e. The Morgan fingerprint density at radius 1 is 1.43 bits per heavy atom. The molecule has 8 heteroatoms. The molecule has 5 nitrogen and oxygen atoms in total. The summed E-state index contributed by atoms with van der Waals surface area (Å²) in [5.74, 6) is -0.308. The molecule has 0 radical (unpaired) electrons. The van der Waals surface area contributed by atoms with E-state index in [4.69, 9.17) is 0 Å². The van der Waals surface area contributed by atoms with Gasteiger partial charge in [0.25, 0.3) is 5.91 Å². The normalized spacial score (nSPS) is 11.0. The van der Waals surface area contributed by atoms with Crippen LogP contribution >= 0.6 is 28.3 Å². The van der Waals surface area contributed by atoms with Crippen LogP contribution in [0.15, 0.2) is 17.0 Å². The van der Waals surface area contributed by atoms with Crippen LogP contribution in [0.4, 0.5) is 3.89 Å². The third-order valence-electron chi connectivity index (χ3n) is 2.24. The molecular formula is C13H18BrFN4OS. The molecule has 0 aliphatic rings. The van der Waals surface area contributed by atoms with Gasteiger partial charge in [-0.2, -0.15) is 0 Å². The number of carbonyl (C=O) groups excluding carboxylic acids is 1. The van der Waals surface area contributed by atoms with Crippen molar-refractivity contribution >= 4 is 45.3 Å². The number of carbonyl (C=O) groups is 1. The predicted molar refractivity (Wildman–Crippen MR) is 87.9 cm³/mol. The zero-order valence-corrected chi connectivity index (χ0v) is 15.0. The van der Waals surface area contributed by atoms with Crippen LogP contribution in [0, 0.1) is 0 Å². The number of nitrogens with one attached hydrogen (secondary N) is 1. The molecule has 0 atom stereocenters. The second-order valence-electron chi connectivity index (χ2n) is 5.01. The molecule has 21 heavy (non-hydrogen) atoms. The predicted octanol–water partition coefficient (Wildman–Crippen LogP) is 4.13.